The van der Waals surface area contributed by atoms with E-state index in [9.17, 15) is 0 Å². The van der Waals surface area contributed by atoms with Crippen LogP contribution in [0.25, 0.3) is 0 Å². The number of hydrogen-bond acceptors (Lipinski definition) is 6. The predicted octanol–water partition coefficient (Wildman–Crippen LogP) is 0.703. The molecule has 0 spiro atoms. The van der Waals surface area contributed by atoms with Crippen LogP contribution in [-0.2, 0) is 9.47 Å². The molecule has 0 bridgehead atoms. The van der Waals surface area contributed by atoms with Crippen molar-refractivity contribution in [2.45, 2.75) is 13.0 Å². The summed E-state index contributed by atoms with van der Waals surface area (Å²) in [5, 5.41) is 3.11. The van der Waals surface area contributed by atoms with E-state index in [1.807, 2.05) is 6.92 Å². The smallest absolute Gasteiger partial charge is 0.226 e. The molecule has 2 heterocycles. The zero-order valence-electron chi connectivity index (χ0n) is 9.89. The first-order valence-corrected chi connectivity index (χ1v) is 5.77. The lowest BCUT2D eigenvalue weighted by molar-refractivity contribution is -0.0819. The molecule has 1 aliphatic rings. The molecule has 0 radical (unpaired) electrons. The lowest BCUT2D eigenvalue weighted by atomic mass is 10.3. The van der Waals surface area contributed by atoms with Crippen LogP contribution in [-0.4, -0.2) is 49.0 Å². The van der Waals surface area contributed by atoms with Crippen LogP contribution >= 0.6 is 0 Å². The predicted molar refractivity (Wildman–Crippen MR) is 62.2 cm³/mol. The highest BCUT2D eigenvalue weighted by atomic mass is 16.6. The Labute approximate surface area is 100 Å². The summed E-state index contributed by atoms with van der Waals surface area (Å²) in [6.07, 6.45) is 1.72. The molecule has 1 atom stereocenters. The highest BCUT2D eigenvalue weighted by molar-refractivity contribution is 5.27. The van der Waals surface area contributed by atoms with E-state index in [2.05, 4.69) is 15.3 Å². The van der Waals surface area contributed by atoms with Crippen molar-refractivity contribution < 1.29 is 14.2 Å². The van der Waals surface area contributed by atoms with Crippen molar-refractivity contribution in [3.8, 4) is 5.88 Å². The van der Waals surface area contributed by atoms with Gasteiger partial charge in [0.25, 0.3) is 0 Å². The van der Waals surface area contributed by atoms with Gasteiger partial charge in [0.2, 0.25) is 11.8 Å². The molecule has 1 N–H and O–H groups in total. The third kappa shape index (κ3) is 3.83. The topological polar surface area (TPSA) is 65.5 Å². The maximum atomic E-state index is 5.50. The van der Waals surface area contributed by atoms with Crippen molar-refractivity contribution in [3.63, 3.8) is 0 Å². The third-order valence-corrected chi connectivity index (χ3v) is 2.30. The van der Waals surface area contributed by atoms with Gasteiger partial charge in [-0.15, -0.1) is 0 Å². The molecule has 1 fully saturated rings. The maximum Gasteiger partial charge on any atom is 0.226 e. The number of aromatic nitrogens is 2. The fourth-order valence-electron chi connectivity index (χ4n) is 1.52. The molecular weight excluding hydrogens is 222 g/mol. The molecular formula is C11H17N3O3. The van der Waals surface area contributed by atoms with Gasteiger partial charge in [-0.25, -0.2) is 4.98 Å². The van der Waals surface area contributed by atoms with Gasteiger partial charge in [0.1, 0.15) is 0 Å². The lowest BCUT2D eigenvalue weighted by Crippen LogP contribution is -2.34. The van der Waals surface area contributed by atoms with E-state index in [-0.39, 0.29) is 6.10 Å². The van der Waals surface area contributed by atoms with Gasteiger partial charge in [0, 0.05) is 18.8 Å². The molecule has 94 valence electrons. The Balaban J connectivity index is 1.83. The van der Waals surface area contributed by atoms with E-state index < -0.39 is 0 Å². The van der Waals surface area contributed by atoms with Gasteiger partial charge in [-0.2, -0.15) is 4.98 Å². The van der Waals surface area contributed by atoms with E-state index in [1.165, 1.54) is 0 Å². The maximum absolute atomic E-state index is 5.50. The molecule has 6 nitrogen and oxygen atoms in total. The molecule has 1 unspecified atom stereocenters. The van der Waals surface area contributed by atoms with E-state index in [1.54, 1.807) is 12.3 Å². The van der Waals surface area contributed by atoms with Gasteiger partial charge in [0.15, 0.2) is 0 Å². The molecule has 17 heavy (non-hydrogen) atoms. The minimum Gasteiger partial charge on any atom is -0.478 e. The summed E-state index contributed by atoms with van der Waals surface area (Å²) in [5.41, 5.74) is 0. The van der Waals surface area contributed by atoms with Gasteiger partial charge in [0.05, 0.1) is 32.5 Å². The second-order valence-corrected chi connectivity index (χ2v) is 3.60. The quantitative estimate of drug-likeness (QED) is 0.816. The first kappa shape index (κ1) is 12.1. The van der Waals surface area contributed by atoms with Gasteiger partial charge in [-0.05, 0) is 6.92 Å². The molecule has 1 saturated heterocycles. The summed E-state index contributed by atoms with van der Waals surface area (Å²) >= 11 is 0. The summed E-state index contributed by atoms with van der Waals surface area (Å²) < 4.78 is 16.1. The third-order valence-electron chi connectivity index (χ3n) is 2.30. The van der Waals surface area contributed by atoms with Gasteiger partial charge in [-0.1, -0.05) is 0 Å². The Kier molecular flexibility index (Phi) is 4.52. The second-order valence-electron chi connectivity index (χ2n) is 3.60. The molecule has 0 saturated carbocycles. The van der Waals surface area contributed by atoms with Crippen LogP contribution in [0.15, 0.2) is 12.3 Å². The standard InChI is InChI=1S/C11H17N3O3/c1-2-16-10-3-4-12-11(14-10)13-7-9-8-15-5-6-17-9/h3-4,9H,2,5-8H2,1H3,(H,12,13,14). The monoisotopic (exact) mass is 239 g/mol. The molecule has 0 aromatic carbocycles. The normalized spacial score (nSPS) is 19.9. The molecule has 1 aliphatic heterocycles. The summed E-state index contributed by atoms with van der Waals surface area (Å²) in [7, 11) is 0. The lowest BCUT2D eigenvalue weighted by Gasteiger charge is -2.23. The number of ether oxygens (including phenoxy) is 3. The number of anilines is 1. The summed E-state index contributed by atoms with van der Waals surface area (Å²) in [6.45, 7) is 5.07. The summed E-state index contributed by atoms with van der Waals surface area (Å²) in [5.74, 6) is 1.12. The largest absolute Gasteiger partial charge is 0.478 e. The Bertz CT molecular complexity index is 342. The van der Waals surface area contributed by atoms with Crippen LogP contribution in [0.4, 0.5) is 5.95 Å². The SMILES string of the molecule is CCOc1ccnc(NCC2COCCO2)n1. The summed E-state index contributed by atoms with van der Waals surface area (Å²) in [6, 6.07) is 1.73. The first-order chi connectivity index (χ1) is 8.38. The van der Waals surface area contributed by atoms with Crippen LogP contribution in [0.3, 0.4) is 0 Å². The fraction of sp³-hybridized carbons (Fsp3) is 0.636. The van der Waals surface area contributed by atoms with Crippen molar-refractivity contribution in [3.05, 3.63) is 12.3 Å². The Hall–Kier alpha value is -1.40. The molecule has 1 aromatic rings. The molecule has 0 amide bonds. The van der Waals surface area contributed by atoms with Crippen LogP contribution < -0.4 is 10.1 Å². The number of hydrogen-bond donors (Lipinski definition) is 1. The van der Waals surface area contributed by atoms with Crippen molar-refractivity contribution >= 4 is 5.95 Å². The van der Waals surface area contributed by atoms with Crippen LogP contribution in [0, 0.1) is 0 Å². The van der Waals surface area contributed by atoms with Crippen LogP contribution in [0.2, 0.25) is 0 Å². The minimum atomic E-state index is 0.0584. The van der Waals surface area contributed by atoms with Gasteiger partial charge >= 0.3 is 0 Å². The molecule has 1 aromatic heterocycles. The van der Waals surface area contributed by atoms with Gasteiger partial charge < -0.3 is 19.5 Å². The van der Waals surface area contributed by atoms with Crippen molar-refractivity contribution in [2.24, 2.45) is 0 Å². The second kappa shape index (κ2) is 6.36. The van der Waals surface area contributed by atoms with E-state index in [4.69, 9.17) is 14.2 Å². The Morgan fingerprint density at radius 1 is 1.53 bits per heavy atom. The van der Waals surface area contributed by atoms with Crippen LogP contribution in [0.5, 0.6) is 5.88 Å². The average molecular weight is 239 g/mol. The highest BCUT2D eigenvalue weighted by Crippen LogP contribution is 2.09. The molecule has 6 heteroatoms. The Morgan fingerprint density at radius 2 is 2.47 bits per heavy atom. The molecule has 0 aliphatic carbocycles. The van der Waals surface area contributed by atoms with E-state index in [0.29, 0.717) is 44.8 Å². The summed E-state index contributed by atoms with van der Waals surface area (Å²) in [4.78, 5) is 8.31. The number of rotatable bonds is 5. The minimum absolute atomic E-state index is 0.0584. The average Bonchev–Trinajstić information content (AvgIpc) is 2.39. The Morgan fingerprint density at radius 3 is 3.24 bits per heavy atom. The highest BCUT2D eigenvalue weighted by Gasteiger charge is 2.14. The van der Waals surface area contributed by atoms with Crippen LogP contribution in [0.1, 0.15) is 6.92 Å². The van der Waals surface area contributed by atoms with Crippen molar-refractivity contribution in [1.82, 2.24) is 9.97 Å². The van der Waals surface area contributed by atoms with E-state index >= 15 is 0 Å². The molecule has 2 rings (SSSR count). The number of nitrogens with zero attached hydrogens (tertiary/aromatic N) is 2. The fourth-order valence-corrected chi connectivity index (χ4v) is 1.52. The van der Waals surface area contributed by atoms with Crippen molar-refractivity contribution in [2.75, 3.05) is 38.3 Å². The zero-order valence-corrected chi connectivity index (χ0v) is 9.89. The first-order valence-electron chi connectivity index (χ1n) is 5.77. The van der Waals surface area contributed by atoms with E-state index in [0.717, 1.165) is 0 Å². The van der Waals surface area contributed by atoms with Gasteiger partial charge in [-0.3, -0.25) is 0 Å². The zero-order chi connectivity index (χ0) is 11.9. The van der Waals surface area contributed by atoms with Crippen molar-refractivity contribution in [1.29, 1.82) is 0 Å². The number of nitrogens with one attached hydrogen (secondary N) is 1.